The molecule has 1 N–H and O–H groups in total. The molecule has 1 saturated heterocycles. The van der Waals surface area contributed by atoms with Gasteiger partial charge in [0.25, 0.3) is 0 Å². The fraction of sp³-hybridized carbons (Fsp3) is 0.400. The second-order valence-corrected chi connectivity index (χ2v) is 5.29. The fourth-order valence-electron chi connectivity index (χ4n) is 2.68. The molecule has 21 heavy (non-hydrogen) atoms. The highest BCUT2D eigenvalue weighted by Gasteiger charge is 2.26. The van der Waals surface area contributed by atoms with Gasteiger partial charge in [-0.2, -0.15) is 0 Å². The van der Waals surface area contributed by atoms with Gasteiger partial charge in [-0.15, -0.1) is 5.10 Å². The smallest absolute Gasteiger partial charge is 0.358 e. The van der Waals surface area contributed by atoms with Gasteiger partial charge in [0, 0.05) is 5.56 Å². The standard InChI is InChI=1S/C15H17N3O3/c1-10-7-8-12(21-10)9-18-14(11-5-3-2-4-6-11)13(15(19)20)16-17-18/h2-6,10,12H,7-9H2,1H3,(H,19,20). The topological polar surface area (TPSA) is 77.2 Å². The van der Waals surface area contributed by atoms with E-state index in [0.717, 1.165) is 18.4 Å². The van der Waals surface area contributed by atoms with E-state index >= 15 is 0 Å². The Labute approximate surface area is 122 Å². The van der Waals surface area contributed by atoms with Crippen LogP contribution >= 0.6 is 0 Å². The van der Waals surface area contributed by atoms with Crippen LogP contribution in [0, 0.1) is 0 Å². The number of aromatic nitrogens is 3. The third-order valence-corrected chi connectivity index (χ3v) is 3.68. The second kappa shape index (κ2) is 5.65. The van der Waals surface area contributed by atoms with Gasteiger partial charge in [0.1, 0.15) is 5.69 Å². The molecule has 0 radical (unpaired) electrons. The maximum absolute atomic E-state index is 11.4. The van der Waals surface area contributed by atoms with Crippen molar-refractivity contribution in [1.82, 2.24) is 15.0 Å². The molecule has 0 spiro atoms. The van der Waals surface area contributed by atoms with Gasteiger partial charge < -0.3 is 9.84 Å². The van der Waals surface area contributed by atoms with E-state index in [0.29, 0.717) is 12.2 Å². The number of carbonyl (C=O) groups is 1. The predicted molar refractivity (Wildman–Crippen MR) is 76.0 cm³/mol. The highest BCUT2D eigenvalue weighted by atomic mass is 16.5. The summed E-state index contributed by atoms with van der Waals surface area (Å²) in [5, 5.41) is 17.1. The zero-order chi connectivity index (χ0) is 14.8. The lowest BCUT2D eigenvalue weighted by Gasteiger charge is -2.13. The number of nitrogens with zero attached hydrogens (tertiary/aromatic N) is 3. The van der Waals surface area contributed by atoms with E-state index in [-0.39, 0.29) is 17.9 Å². The minimum Gasteiger partial charge on any atom is -0.476 e. The van der Waals surface area contributed by atoms with E-state index in [1.165, 1.54) is 0 Å². The molecule has 0 bridgehead atoms. The molecule has 6 heteroatoms. The summed E-state index contributed by atoms with van der Waals surface area (Å²) in [4.78, 5) is 11.4. The van der Waals surface area contributed by atoms with Crippen LogP contribution in [0.15, 0.2) is 30.3 Å². The Kier molecular flexibility index (Phi) is 3.70. The van der Waals surface area contributed by atoms with Crippen molar-refractivity contribution in [3.63, 3.8) is 0 Å². The molecule has 2 heterocycles. The van der Waals surface area contributed by atoms with Crippen LogP contribution in [-0.4, -0.2) is 38.3 Å². The SMILES string of the molecule is CC1CCC(Cn2nnc(C(=O)O)c2-c2ccccc2)O1. The van der Waals surface area contributed by atoms with E-state index in [1.807, 2.05) is 37.3 Å². The van der Waals surface area contributed by atoms with E-state index in [1.54, 1.807) is 4.68 Å². The summed E-state index contributed by atoms with van der Waals surface area (Å²) in [6.45, 7) is 2.57. The van der Waals surface area contributed by atoms with Crippen LogP contribution in [0.4, 0.5) is 0 Å². The first kappa shape index (κ1) is 13.8. The van der Waals surface area contributed by atoms with Gasteiger partial charge in [-0.1, -0.05) is 35.5 Å². The minimum absolute atomic E-state index is 0.0211. The molecule has 110 valence electrons. The first-order chi connectivity index (χ1) is 10.1. The summed E-state index contributed by atoms with van der Waals surface area (Å²) in [7, 11) is 0. The highest BCUT2D eigenvalue weighted by Crippen LogP contribution is 2.25. The molecule has 0 saturated carbocycles. The average molecular weight is 287 g/mol. The number of hydrogen-bond acceptors (Lipinski definition) is 4. The van der Waals surface area contributed by atoms with Gasteiger partial charge in [-0.05, 0) is 19.8 Å². The Hall–Kier alpha value is -2.21. The molecular weight excluding hydrogens is 270 g/mol. The molecule has 2 unspecified atom stereocenters. The maximum Gasteiger partial charge on any atom is 0.358 e. The molecule has 2 atom stereocenters. The number of aromatic carboxylic acids is 1. The molecule has 1 fully saturated rings. The molecule has 2 aromatic rings. The summed E-state index contributed by atoms with van der Waals surface area (Å²) in [6, 6.07) is 9.35. The van der Waals surface area contributed by atoms with Gasteiger partial charge in [0.05, 0.1) is 18.8 Å². The Morgan fingerprint density at radius 1 is 1.38 bits per heavy atom. The minimum atomic E-state index is -1.07. The molecule has 1 aromatic heterocycles. The van der Waals surface area contributed by atoms with Crippen LogP contribution in [0.5, 0.6) is 0 Å². The quantitative estimate of drug-likeness (QED) is 0.933. The molecular formula is C15H17N3O3. The van der Waals surface area contributed by atoms with Crippen LogP contribution in [-0.2, 0) is 11.3 Å². The summed E-state index contributed by atoms with van der Waals surface area (Å²) in [6.07, 6.45) is 2.28. The van der Waals surface area contributed by atoms with E-state index < -0.39 is 5.97 Å². The maximum atomic E-state index is 11.4. The van der Waals surface area contributed by atoms with Crippen molar-refractivity contribution in [2.24, 2.45) is 0 Å². The van der Waals surface area contributed by atoms with Crippen molar-refractivity contribution < 1.29 is 14.6 Å². The molecule has 1 aliphatic rings. The lowest BCUT2D eigenvalue weighted by atomic mass is 10.1. The van der Waals surface area contributed by atoms with Gasteiger partial charge in [-0.25, -0.2) is 9.48 Å². The van der Waals surface area contributed by atoms with Crippen molar-refractivity contribution >= 4 is 5.97 Å². The van der Waals surface area contributed by atoms with Gasteiger partial charge in [0.2, 0.25) is 0 Å². The molecule has 0 aliphatic carbocycles. The molecule has 1 aromatic carbocycles. The van der Waals surface area contributed by atoms with Crippen molar-refractivity contribution in [3.8, 4) is 11.3 Å². The first-order valence-corrected chi connectivity index (χ1v) is 7.03. The number of carboxylic acid groups (broad SMARTS) is 1. The van der Waals surface area contributed by atoms with Crippen LogP contribution in [0.25, 0.3) is 11.3 Å². The van der Waals surface area contributed by atoms with E-state index in [9.17, 15) is 9.90 Å². The monoisotopic (exact) mass is 287 g/mol. The summed E-state index contributed by atoms with van der Waals surface area (Å²) in [5.41, 5.74) is 1.31. The highest BCUT2D eigenvalue weighted by molar-refractivity contribution is 5.92. The van der Waals surface area contributed by atoms with Crippen LogP contribution in [0.2, 0.25) is 0 Å². The van der Waals surface area contributed by atoms with Crippen molar-refractivity contribution in [3.05, 3.63) is 36.0 Å². The largest absolute Gasteiger partial charge is 0.476 e. The van der Waals surface area contributed by atoms with Gasteiger partial charge >= 0.3 is 5.97 Å². The summed E-state index contributed by atoms with van der Waals surface area (Å²) >= 11 is 0. The van der Waals surface area contributed by atoms with Gasteiger partial charge in [0.15, 0.2) is 5.69 Å². The Morgan fingerprint density at radius 2 is 2.14 bits per heavy atom. The molecule has 3 rings (SSSR count). The van der Waals surface area contributed by atoms with E-state index in [4.69, 9.17) is 4.74 Å². The zero-order valence-corrected chi connectivity index (χ0v) is 11.8. The lowest BCUT2D eigenvalue weighted by Crippen LogP contribution is -2.18. The third kappa shape index (κ3) is 2.80. The Bertz CT molecular complexity index is 639. The van der Waals surface area contributed by atoms with Crippen molar-refractivity contribution in [2.75, 3.05) is 0 Å². The number of carboxylic acids is 1. The Morgan fingerprint density at radius 3 is 2.76 bits per heavy atom. The van der Waals surface area contributed by atoms with E-state index in [2.05, 4.69) is 10.3 Å². The van der Waals surface area contributed by atoms with Crippen LogP contribution < -0.4 is 0 Å². The number of benzene rings is 1. The van der Waals surface area contributed by atoms with Crippen molar-refractivity contribution in [2.45, 2.75) is 38.5 Å². The lowest BCUT2D eigenvalue weighted by molar-refractivity contribution is 0.0436. The molecule has 1 aliphatic heterocycles. The number of hydrogen-bond donors (Lipinski definition) is 1. The number of ether oxygens (including phenoxy) is 1. The predicted octanol–water partition coefficient (Wildman–Crippen LogP) is 2.21. The summed E-state index contributed by atoms with van der Waals surface area (Å²) < 4.78 is 7.43. The van der Waals surface area contributed by atoms with Crippen LogP contribution in [0.3, 0.4) is 0 Å². The first-order valence-electron chi connectivity index (χ1n) is 7.03. The fourth-order valence-corrected chi connectivity index (χ4v) is 2.68. The summed E-state index contributed by atoms with van der Waals surface area (Å²) in [5.74, 6) is -1.07. The normalized spacial score (nSPS) is 21.6. The molecule has 0 amide bonds. The second-order valence-electron chi connectivity index (χ2n) is 5.29. The zero-order valence-electron chi connectivity index (χ0n) is 11.8. The van der Waals surface area contributed by atoms with Crippen molar-refractivity contribution in [1.29, 1.82) is 0 Å². The Balaban J connectivity index is 1.95. The third-order valence-electron chi connectivity index (χ3n) is 3.68. The van der Waals surface area contributed by atoms with Crippen LogP contribution in [0.1, 0.15) is 30.3 Å². The molecule has 6 nitrogen and oxygen atoms in total. The van der Waals surface area contributed by atoms with Gasteiger partial charge in [-0.3, -0.25) is 0 Å². The average Bonchev–Trinajstić information content (AvgIpc) is 3.07. The number of rotatable bonds is 4.